The summed E-state index contributed by atoms with van der Waals surface area (Å²) in [5, 5.41) is 3.70. The molecule has 1 aliphatic carbocycles. The summed E-state index contributed by atoms with van der Waals surface area (Å²) in [6.45, 7) is 5.78. The van der Waals surface area contributed by atoms with E-state index in [4.69, 9.17) is 10.5 Å². The number of nitrogens with one attached hydrogen (secondary N) is 1. The van der Waals surface area contributed by atoms with E-state index < -0.39 is 0 Å². The van der Waals surface area contributed by atoms with Gasteiger partial charge >= 0.3 is 0 Å². The lowest BCUT2D eigenvalue weighted by molar-refractivity contribution is 0.210. The molecule has 1 saturated carbocycles. The number of hydrogen-bond acceptors (Lipinski definition) is 3. The zero-order valence-corrected chi connectivity index (χ0v) is 12.8. The molecule has 3 unspecified atom stereocenters. The summed E-state index contributed by atoms with van der Waals surface area (Å²) in [4.78, 5) is 0. The van der Waals surface area contributed by atoms with E-state index in [1.165, 1.54) is 31.2 Å². The summed E-state index contributed by atoms with van der Waals surface area (Å²) < 4.78 is 5.84. The predicted octanol–water partition coefficient (Wildman–Crippen LogP) is 2.87. The van der Waals surface area contributed by atoms with E-state index in [-0.39, 0.29) is 0 Å². The normalized spacial score (nSPS) is 24.4. The molecule has 3 atom stereocenters. The zero-order chi connectivity index (χ0) is 14.4. The molecule has 0 heterocycles. The van der Waals surface area contributed by atoms with Gasteiger partial charge in [-0.15, -0.1) is 0 Å². The van der Waals surface area contributed by atoms with Gasteiger partial charge in [0.15, 0.2) is 0 Å². The molecule has 0 amide bonds. The van der Waals surface area contributed by atoms with Crippen molar-refractivity contribution in [2.45, 2.75) is 51.6 Å². The summed E-state index contributed by atoms with van der Waals surface area (Å²) in [5.41, 5.74) is 7.14. The Bertz CT molecular complexity index is 390. The van der Waals surface area contributed by atoms with Gasteiger partial charge in [0.2, 0.25) is 0 Å². The quantitative estimate of drug-likeness (QED) is 0.840. The van der Waals surface area contributed by atoms with E-state index in [9.17, 15) is 0 Å². The number of aryl methyl sites for hydroxylation is 1. The van der Waals surface area contributed by atoms with Gasteiger partial charge in [-0.1, -0.05) is 30.5 Å². The van der Waals surface area contributed by atoms with Crippen molar-refractivity contribution in [1.82, 2.24) is 5.32 Å². The Morgan fingerprint density at radius 1 is 1.25 bits per heavy atom. The van der Waals surface area contributed by atoms with E-state index in [0.717, 1.165) is 12.3 Å². The van der Waals surface area contributed by atoms with Crippen LogP contribution in [0.4, 0.5) is 0 Å². The molecule has 0 radical (unpaired) electrons. The largest absolute Gasteiger partial charge is 0.492 e. The molecule has 1 aliphatic rings. The molecule has 3 heteroatoms. The maximum absolute atomic E-state index is 5.88. The highest BCUT2D eigenvalue weighted by Crippen LogP contribution is 2.24. The fourth-order valence-electron chi connectivity index (χ4n) is 2.98. The van der Waals surface area contributed by atoms with Crippen LogP contribution < -0.4 is 15.8 Å². The minimum absolute atomic E-state index is 0.355. The van der Waals surface area contributed by atoms with Gasteiger partial charge in [0, 0.05) is 12.1 Å². The molecule has 2 rings (SSSR count). The van der Waals surface area contributed by atoms with E-state index in [1.807, 2.05) is 12.1 Å². The lowest BCUT2D eigenvalue weighted by atomic mass is 9.84. The van der Waals surface area contributed by atoms with Crippen molar-refractivity contribution in [3.05, 3.63) is 29.8 Å². The number of nitrogens with two attached hydrogens (primary N) is 1. The minimum atomic E-state index is 0.355. The first kappa shape index (κ1) is 15.3. The van der Waals surface area contributed by atoms with Gasteiger partial charge in [-0.3, -0.25) is 0 Å². The molecule has 112 valence electrons. The highest BCUT2D eigenvalue weighted by molar-refractivity contribution is 5.26. The Kier molecular flexibility index (Phi) is 5.86. The van der Waals surface area contributed by atoms with Crippen molar-refractivity contribution >= 4 is 0 Å². The van der Waals surface area contributed by atoms with E-state index in [1.54, 1.807) is 0 Å². The average molecular weight is 276 g/mol. The van der Waals surface area contributed by atoms with Crippen LogP contribution >= 0.6 is 0 Å². The van der Waals surface area contributed by atoms with Crippen LogP contribution in [0.15, 0.2) is 24.3 Å². The molecule has 3 nitrogen and oxygen atoms in total. The number of benzene rings is 1. The molecule has 0 bridgehead atoms. The Balaban J connectivity index is 1.76. The van der Waals surface area contributed by atoms with Crippen LogP contribution in [-0.4, -0.2) is 25.2 Å². The molecule has 1 aromatic rings. The lowest BCUT2D eigenvalue weighted by Crippen LogP contribution is -2.47. The molecule has 1 fully saturated rings. The highest BCUT2D eigenvalue weighted by atomic mass is 16.5. The Morgan fingerprint density at radius 2 is 1.95 bits per heavy atom. The fraction of sp³-hybridized carbons (Fsp3) is 0.647. The fourth-order valence-corrected chi connectivity index (χ4v) is 2.98. The summed E-state index contributed by atoms with van der Waals surface area (Å²) in [6, 6.07) is 9.15. The molecule has 0 aromatic heterocycles. The number of ether oxygens (including phenoxy) is 1. The molecule has 0 saturated heterocycles. The summed E-state index contributed by atoms with van der Waals surface area (Å²) in [5.74, 6) is 1.58. The van der Waals surface area contributed by atoms with Crippen molar-refractivity contribution in [2.24, 2.45) is 11.7 Å². The minimum Gasteiger partial charge on any atom is -0.492 e. The van der Waals surface area contributed by atoms with E-state index in [2.05, 4.69) is 31.3 Å². The smallest absolute Gasteiger partial charge is 0.119 e. The molecule has 3 N–H and O–H groups in total. The SMILES string of the molecule is Cc1ccc(OCC(C)NC2CCCCC2CN)cc1. The van der Waals surface area contributed by atoms with Crippen molar-refractivity contribution in [3.8, 4) is 5.75 Å². The molecular formula is C17H28N2O. The summed E-state index contributed by atoms with van der Waals surface area (Å²) >= 11 is 0. The van der Waals surface area contributed by atoms with Crippen molar-refractivity contribution in [3.63, 3.8) is 0 Å². The van der Waals surface area contributed by atoms with Crippen molar-refractivity contribution in [1.29, 1.82) is 0 Å². The first-order valence-corrected chi connectivity index (χ1v) is 7.84. The average Bonchev–Trinajstić information content (AvgIpc) is 2.47. The van der Waals surface area contributed by atoms with Crippen LogP contribution in [0.2, 0.25) is 0 Å². The first-order valence-electron chi connectivity index (χ1n) is 7.84. The Labute approximate surface area is 122 Å². The standard InChI is InChI=1S/C17H28N2O/c1-13-7-9-16(10-8-13)20-12-14(2)19-17-6-4-3-5-15(17)11-18/h7-10,14-15,17,19H,3-6,11-12,18H2,1-2H3. The third-order valence-electron chi connectivity index (χ3n) is 4.23. The van der Waals surface area contributed by atoms with Gasteiger partial charge in [0.05, 0.1) is 0 Å². The van der Waals surface area contributed by atoms with Gasteiger partial charge in [0.1, 0.15) is 12.4 Å². The molecule has 20 heavy (non-hydrogen) atoms. The maximum Gasteiger partial charge on any atom is 0.119 e. The molecule has 0 aliphatic heterocycles. The summed E-state index contributed by atoms with van der Waals surface area (Å²) in [7, 11) is 0. The third kappa shape index (κ3) is 4.50. The zero-order valence-electron chi connectivity index (χ0n) is 12.8. The van der Waals surface area contributed by atoms with Gasteiger partial charge in [-0.05, 0) is 51.3 Å². The lowest BCUT2D eigenvalue weighted by Gasteiger charge is -2.33. The monoisotopic (exact) mass is 276 g/mol. The van der Waals surface area contributed by atoms with Gasteiger partial charge < -0.3 is 15.8 Å². The predicted molar refractivity (Wildman–Crippen MR) is 84.1 cm³/mol. The maximum atomic E-state index is 5.88. The van der Waals surface area contributed by atoms with Crippen LogP contribution in [0.25, 0.3) is 0 Å². The van der Waals surface area contributed by atoms with Crippen molar-refractivity contribution < 1.29 is 4.74 Å². The second-order valence-corrected chi connectivity index (χ2v) is 6.08. The van der Waals surface area contributed by atoms with Crippen LogP contribution in [0.3, 0.4) is 0 Å². The van der Waals surface area contributed by atoms with Crippen LogP contribution in [0.1, 0.15) is 38.2 Å². The van der Waals surface area contributed by atoms with E-state index in [0.29, 0.717) is 24.6 Å². The topological polar surface area (TPSA) is 47.3 Å². The summed E-state index contributed by atoms with van der Waals surface area (Å²) in [6.07, 6.45) is 5.16. The van der Waals surface area contributed by atoms with Crippen LogP contribution in [-0.2, 0) is 0 Å². The molecule has 0 spiro atoms. The van der Waals surface area contributed by atoms with E-state index >= 15 is 0 Å². The van der Waals surface area contributed by atoms with Gasteiger partial charge in [-0.25, -0.2) is 0 Å². The van der Waals surface area contributed by atoms with Gasteiger partial charge in [-0.2, -0.15) is 0 Å². The van der Waals surface area contributed by atoms with Crippen LogP contribution in [0, 0.1) is 12.8 Å². The number of hydrogen-bond donors (Lipinski definition) is 2. The third-order valence-corrected chi connectivity index (χ3v) is 4.23. The second-order valence-electron chi connectivity index (χ2n) is 6.08. The van der Waals surface area contributed by atoms with Gasteiger partial charge in [0.25, 0.3) is 0 Å². The van der Waals surface area contributed by atoms with Crippen molar-refractivity contribution in [2.75, 3.05) is 13.2 Å². The molecular weight excluding hydrogens is 248 g/mol. The second kappa shape index (κ2) is 7.65. The van der Waals surface area contributed by atoms with Crippen LogP contribution in [0.5, 0.6) is 5.75 Å². The molecule has 1 aromatic carbocycles. The highest BCUT2D eigenvalue weighted by Gasteiger charge is 2.24. The Morgan fingerprint density at radius 3 is 2.65 bits per heavy atom. The number of rotatable bonds is 6. The first-order chi connectivity index (χ1) is 9.69. The Hall–Kier alpha value is -1.06.